The van der Waals surface area contributed by atoms with Crippen LogP contribution in [0, 0.1) is 0 Å². The Balaban J connectivity index is 2.40. The van der Waals surface area contributed by atoms with Gasteiger partial charge in [0, 0.05) is 12.3 Å². The van der Waals surface area contributed by atoms with Crippen LogP contribution in [-0.2, 0) is 24.9 Å². The first-order valence-corrected chi connectivity index (χ1v) is 17.9. The molecule has 0 aliphatic carbocycles. The molecule has 0 aromatic carbocycles. The van der Waals surface area contributed by atoms with E-state index >= 15 is 0 Å². The number of aromatic amines is 1. The van der Waals surface area contributed by atoms with Crippen molar-refractivity contribution in [3.63, 3.8) is 0 Å². The van der Waals surface area contributed by atoms with E-state index in [1.54, 1.807) is 6.08 Å². The first kappa shape index (κ1) is 29.5. The molecule has 35 heavy (non-hydrogen) atoms. The number of H-pyrrole nitrogens is 1. The molecular weight excluding hydrogens is 480 g/mol. The normalized spacial score (nSPS) is 19.5. The molecule has 1 N–H and O–H groups in total. The number of nitrogens with zero attached hydrogens (tertiary/aromatic N) is 1. The summed E-state index contributed by atoms with van der Waals surface area (Å²) in [5.74, 6) is 0.683. The van der Waals surface area contributed by atoms with Crippen molar-refractivity contribution in [2.24, 2.45) is 0 Å². The highest BCUT2D eigenvalue weighted by Crippen LogP contribution is 2.41. The summed E-state index contributed by atoms with van der Waals surface area (Å²) < 4.78 is 26.2. The average molecular weight is 525 g/mol. The Hall–Kier alpha value is -1.73. The molecule has 0 bridgehead atoms. The van der Waals surface area contributed by atoms with Gasteiger partial charge in [0.05, 0.1) is 25.4 Å². The second-order valence-electron chi connectivity index (χ2n) is 12.1. The summed E-state index contributed by atoms with van der Waals surface area (Å²) in [4.78, 5) is 27.3. The molecule has 1 aromatic rings. The Morgan fingerprint density at radius 2 is 1.69 bits per heavy atom. The third-order valence-corrected chi connectivity index (χ3v) is 16.2. The lowest BCUT2D eigenvalue weighted by Gasteiger charge is -2.39. The highest BCUT2D eigenvalue weighted by atomic mass is 28.4. The van der Waals surface area contributed by atoms with Gasteiger partial charge in [0.25, 0.3) is 5.56 Å². The largest absolute Gasteiger partial charge is 0.545 e. The topological polar surface area (TPSA) is 91.8 Å². The molecule has 198 valence electrons. The minimum absolute atomic E-state index is 0.0127. The van der Waals surface area contributed by atoms with Gasteiger partial charge < -0.3 is 18.3 Å². The molecule has 2 atom stereocenters. The van der Waals surface area contributed by atoms with E-state index in [-0.39, 0.29) is 16.7 Å². The summed E-state index contributed by atoms with van der Waals surface area (Å²) in [5, 5.41) is 0.0343. The zero-order valence-electron chi connectivity index (χ0n) is 23.1. The zero-order valence-corrected chi connectivity index (χ0v) is 25.1. The summed E-state index contributed by atoms with van der Waals surface area (Å²) in [5.41, 5.74) is -0.703. The Labute approximate surface area is 211 Å². The van der Waals surface area contributed by atoms with Gasteiger partial charge in [-0.2, -0.15) is 0 Å². The van der Waals surface area contributed by atoms with E-state index < -0.39 is 40.2 Å². The summed E-state index contributed by atoms with van der Waals surface area (Å²) in [6.45, 7) is 26.1. The molecule has 0 amide bonds. The maximum Gasteiger partial charge on any atom is 0.330 e. The first-order chi connectivity index (χ1) is 15.9. The van der Waals surface area contributed by atoms with Crippen molar-refractivity contribution in [2.45, 2.75) is 96.7 Å². The van der Waals surface area contributed by atoms with Crippen LogP contribution in [0.5, 0.6) is 0 Å². The van der Waals surface area contributed by atoms with E-state index in [0.29, 0.717) is 24.5 Å². The lowest BCUT2D eigenvalue weighted by Crippen LogP contribution is -2.45. The van der Waals surface area contributed by atoms with Crippen LogP contribution < -0.4 is 11.2 Å². The first-order valence-electron chi connectivity index (χ1n) is 12.1. The number of hydrogen-bond donors (Lipinski definition) is 1. The third-order valence-electron chi connectivity index (χ3n) is 7.32. The molecule has 1 aliphatic heterocycles. The van der Waals surface area contributed by atoms with Crippen LogP contribution in [0.2, 0.25) is 36.3 Å². The standard InChI is InChI=1S/C25H44N2O6Si2/c1-12-13-30-16-18-15-27(23(29)26-22(18)28)21-14-19(33-35(10,11)25(5,6)7)20(32-21)17-31-34(8,9)24(2,3)4/h12,14-15,20-21H,1,13,16-17H2,2-11H3,(H,26,28,29)/t20-,21?/m1/s1. The summed E-state index contributed by atoms with van der Waals surface area (Å²) in [7, 11) is -4.21. The Morgan fingerprint density at radius 1 is 1.09 bits per heavy atom. The second kappa shape index (κ2) is 10.7. The van der Waals surface area contributed by atoms with Crippen LogP contribution in [-0.4, -0.2) is 45.5 Å². The molecule has 0 fully saturated rings. The predicted octanol–water partition coefficient (Wildman–Crippen LogP) is 5.06. The van der Waals surface area contributed by atoms with Crippen LogP contribution in [0.25, 0.3) is 0 Å². The van der Waals surface area contributed by atoms with Gasteiger partial charge in [0.1, 0.15) is 11.9 Å². The molecule has 0 saturated heterocycles. The van der Waals surface area contributed by atoms with Crippen LogP contribution in [0.15, 0.2) is 40.3 Å². The molecule has 2 heterocycles. The molecule has 0 spiro atoms. The van der Waals surface area contributed by atoms with Gasteiger partial charge in [-0.05, 0) is 36.3 Å². The second-order valence-corrected chi connectivity index (χ2v) is 21.7. The number of aromatic nitrogens is 2. The van der Waals surface area contributed by atoms with Gasteiger partial charge in [-0.15, -0.1) is 6.58 Å². The predicted molar refractivity (Wildman–Crippen MR) is 145 cm³/mol. The van der Waals surface area contributed by atoms with Crippen LogP contribution in [0.1, 0.15) is 53.3 Å². The molecule has 10 heteroatoms. The summed E-state index contributed by atoms with van der Waals surface area (Å²) >= 11 is 0. The van der Waals surface area contributed by atoms with E-state index in [2.05, 4.69) is 79.3 Å². The molecule has 1 aliphatic rings. The average Bonchev–Trinajstić information content (AvgIpc) is 3.08. The van der Waals surface area contributed by atoms with Crippen molar-refractivity contribution in [3.8, 4) is 0 Å². The number of rotatable bonds is 10. The minimum Gasteiger partial charge on any atom is -0.545 e. The smallest absolute Gasteiger partial charge is 0.330 e. The van der Waals surface area contributed by atoms with Crippen LogP contribution in [0.4, 0.5) is 0 Å². The van der Waals surface area contributed by atoms with Gasteiger partial charge in [0.15, 0.2) is 14.5 Å². The molecule has 0 radical (unpaired) electrons. The van der Waals surface area contributed by atoms with Crippen molar-refractivity contribution in [3.05, 3.63) is 57.1 Å². The Kier molecular flexibility index (Phi) is 9.03. The van der Waals surface area contributed by atoms with E-state index in [0.717, 1.165) is 0 Å². The van der Waals surface area contributed by atoms with E-state index in [4.69, 9.17) is 18.3 Å². The minimum atomic E-state index is -2.18. The fraction of sp³-hybridized carbons (Fsp3) is 0.680. The quantitative estimate of drug-likeness (QED) is 0.261. The highest BCUT2D eigenvalue weighted by molar-refractivity contribution is 6.74. The molecule has 2 rings (SSSR count). The van der Waals surface area contributed by atoms with Gasteiger partial charge in [0.2, 0.25) is 8.32 Å². The van der Waals surface area contributed by atoms with Crippen LogP contribution in [0.3, 0.4) is 0 Å². The lowest BCUT2D eigenvalue weighted by molar-refractivity contribution is -0.0218. The van der Waals surface area contributed by atoms with E-state index in [1.165, 1.54) is 10.8 Å². The van der Waals surface area contributed by atoms with E-state index in [9.17, 15) is 9.59 Å². The maximum atomic E-state index is 12.7. The Morgan fingerprint density at radius 3 is 2.23 bits per heavy atom. The van der Waals surface area contributed by atoms with Gasteiger partial charge in [-0.1, -0.05) is 47.6 Å². The molecule has 8 nitrogen and oxygen atoms in total. The van der Waals surface area contributed by atoms with Crippen molar-refractivity contribution in [1.82, 2.24) is 9.55 Å². The van der Waals surface area contributed by atoms with E-state index in [1.807, 2.05) is 6.08 Å². The molecular formula is C25H44N2O6Si2. The van der Waals surface area contributed by atoms with Crippen molar-refractivity contribution >= 4 is 16.6 Å². The fourth-order valence-electron chi connectivity index (χ4n) is 2.91. The third kappa shape index (κ3) is 7.16. The number of ether oxygens (including phenoxy) is 2. The Bertz CT molecular complexity index is 1040. The van der Waals surface area contributed by atoms with Crippen LogP contribution >= 0.6 is 0 Å². The number of nitrogens with one attached hydrogen (secondary N) is 1. The number of hydrogen-bond acceptors (Lipinski definition) is 6. The molecule has 1 unspecified atom stereocenters. The highest BCUT2D eigenvalue weighted by Gasteiger charge is 2.44. The summed E-state index contributed by atoms with van der Waals surface area (Å²) in [6, 6.07) is 0. The zero-order chi connectivity index (χ0) is 26.8. The maximum absolute atomic E-state index is 12.7. The van der Waals surface area contributed by atoms with Gasteiger partial charge >= 0.3 is 5.69 Å². The van der Waals surface area contributed by atoms with Gasteiger partial charge in [-0.3, -0.25) is 14.3 Å². The molecule has 0 saturated carbocycles. The monoisotopic (exact) mass is 524 g/mol. The van der Waals surface area contributed by atoms with Crippen molar-refractivity contribution in [2.75, 3.05) is 13.2 Å². The fourth-order valence-corrected chi connectivity index (χ4v) is 5.00. The van der Waals surface area contributed by atoms with Gasteiger partial charge in [-0.25, -0.2) is 4.79 Å². The lowest BCUT2D eigenvalue weighted by atomic mass is 10.2. The SMILES string of the molecule is C=CCOCc1cn(C2C=C(O[Si](C)(C)C(C)(C)C)[C@@H](CO[Si](C)(C)C(C)(C)C)O2)c(=O)[nH]c1=O. The summed E-state index contributed by atoms with van der Waals surface area (Å²) in [6.07, 6.45) is 3.73. The van der Waals surface area contributed by atoms with Crippen molar-refractivity contribution in [1.29, 1.82) is 0 Å². The van der Waals surface area contributed by atoms with Crippen molar-refractivity contribution < 1.29 is 18.3 Å². The molecule has 1 aromatic heterocycles.